The van der Waals surface area contributed by atoms with Gasteiger partial charge >= 0.3 is 0 Å². The van der Waals surface area contributed by atoms with Gasteiger partial charge < -0.3 is 5.11 Å². The van der Waals surface area contributed by atoms with E-state index in [9.17, 15) is 5.11 Å². The largest absolute Gasteiger partial charge is 0.389 e. The van der Waals surface area contributed by atoms with Crippen molar-refractivity contribution in [3.8, 4) is 0 Å². The lowest BCUT2D eigenvalue weighted by Crippen LogP contribution is -1.91. The van der Waals surface area contributed by atoms with Gasteiger partial charge in [-0.05, 0) is 35.4 Å². The van der Waals surface area contributed by atoms with Gasteiger partial charge in [0.05, 0.1) is 6.10 Å². The Bertz CT molecular complexity index is 463. The molecule has 0 aliphatic heterocycles. The maximum atomic E-state index is 9.58. The molecule has 0 aliphatic carbocycles. The summed E-state index contributed by atoms with van der Waals surface area (Å²) in [5.74, 6) is 0. The fourth-order valence-corrected chi connectivity index (χ4v) is 2.02. The summed E-state index contributed by atoms with van der Waals surface area (Å²) >= 11 is 3.43. The summed E-state index contributed by atoms with van der Waals surface area (Å²) in [7, 11) is 0. The molecule has 1 atom stereocenters. The molecule has 1 N–H and O–H groups in total. The van der Waals surface area contributed by atoms with Crippen LogP contribution in [-0.4, -0.2) is 5.11 Å². The molecule has 2 heteroatoms. The van der Waals surface area contributed by atoms with E-state index in [0.29, 0.717) is 0 Å². The van der Waals surface area contributed by atoms with Crippen molar-refractivity contribution in [1.82, 2.24) is 0 Å². The predicted octanol–water partition coefficient (Wildman–Crippen LogP) is 3.66. The molecule has 0 saturated carbocycles. The molecular formula is C12H11BrO. The second-order valence-corrected chi connectivity index (χ2v) is 4.30. The minimum Gasteiger partial charge on any atom is -0.389 e. The first-order valence-corrected chi connectivity index (χ1v) is 5.34. The van der Waals surface area contributed by atoms with Crippen LogP contribution in [0.4, 0.5) is 0 Å². The van der Waals surface area contributed by atoms with Crippen molar-refractivity contribution in [3.05, 3.63) is 46.4 Å². The lowest BCUT2D eigenvalue weighted by atomic mass is 10.0. The van der Waals surface area contributed by atoms with Crippen molar-refractivity contribution in [2.45, 2.75) is 13.0 Å². The second kappa shape index (κ2) is 3.71. The van der Waals surface area contributed by atoms with Crippen molar-refractivity contribution < 1.29 is 5.11 Å². The van der Waals surface area contributed by atoms with Crippen molar-refractivity contribution in [2.75, 3.05) is 0 Å². The van der Waals surface area contributed by atoms with Crippen molar-refractivity contribution in [1.29, 1.82) is 0 Å². The second-order valence-electron chi connectivity index (χ2n) is 3.39. The first kappa shape index (κ1) is 9.69. The standard InChI is InChI=1S/C12H11BrO/c1-8(14)11-4-2-3-9-7-10(13)5-6-12(9)11/h2-8,14H,1H3. The van der Waals surface area contributed by atoms with Gasteiger partial charge in [0, 0.05) is 4.47 Å². The quantitative estimate of drug-likeness (QED) is 0.820. The molecule has 2 rings (SSSR count). The molecule has 0 aliphatic rings. The molecule has 14 heavy (non-hydrogen) atoms. The van der Waals surface area contributed by atoms with E-state index in [-0.39, 0.29) is 0 Å². The van der Waals surface area contributed by atoms with Gasteiger partial charge in [-0.3, -0.25) is 0 Å². The van der Waals surface area contributed by atoms with Gasteiger partial charge in [0.25, 0.3) is 0 Å². The fourth-order valence-electron chi connectivity index (χ4n) is 1.64. The number of rotatable bonds is 1. The van der Waals surface area contributed by atoms with Crippen LogP contribution in [0.25, 0.3) is 10.8 Å². The SMILES string of the molecule is CC(O)c1cccc2cc(Br)ccc12. The van der Waals surface area contributed by atoms with E-state index >= 15 is 0 Å². The fraction of sp³-hybridized carbons (Fsp3) is 0.167. The summed E-state index contributed by atoms with van der Waals surface area (Å²) in [4.78, 5) is 0. The molecule has 0 heterocycles. The summed E-state index contributed by atoms with van der Waals surface area (Å²) < 4.78 is 1.06. The van der Waals surface area contributed by atoms with Gasteiger partial charge in [-0.1, -0.05) is 40.2 Å². The molecular weight excluding hydrogens is 240 g/mol. The summed E-state index contributed by atoms with van der Waals surface area (Å²) in [6.45, 7) is 1.79. The molecule has 1 unspecified atom stereocenters. The van der Waals surface area contributed by atoms with Crippen molar-refractivity contribution >= 4 is 26.7 Å². The van der Waals surface area contributed by atoms with Gasteiger partial charge in [-0.2, -0.15) is 0 Å². The van der Waals surface area contributed by atoms with Gasteiger partial charge in [0.2, 0.25) is 0 Å². The zero-order valence-electron chi connectivity index (χ0n) is 7.87. The number of hydrogen-bond donors (Lipinski definition) is 1. The molecule has 72 valence electrons. The Morgan fingerprint density at radius 3 is 2.71 bits per heavy atom. The first-order chi connectivity index (χ1) is 6.68. The topological polar surface area (TPSA) is 20.2 Å². The average molecular weight is 251 g/mol. The number of hydrogen-bond acceptors (Lipinski definition) is 1. The monoisotopic (exact) mass is 250 g/mol. The van der Waals surface area contributed by atoms with Crippen molar-refractivity contribution in [3.63, 3.8) is 0 Å². The summed E-state index contributed by atoms with van der Waals surface area (Å²) in [5, 5.41) is 11.8. The van der Waals surface area contributed by atoms with Crippen LogP contribution in [0.3, 0.4) is 0 Å². The van der Waals surface area contributed by atoms with Crippen LogP contribution in [0.15, 0.2) is 40.9 Å². The molecule has 0 radical (unpaired) electrons. The molecule has 0 aromatic heterocycles. The lowest BCUT2D eigenvalue weighted by Gasteiger charge is -2.08. The molecule has 0 bridgehead atoms. The lowest BCUT2D eigenvalue weighted by molar-refractivity contribution is 0.201. The van der Waals surface area contributed by atoms with E-state index in [4.69, 9.17) is 0 Å². The van der Waals surface area contributed by atoms with Gasteiger partial charge in [-0.25, -0.2) is 0 Å². The Hall–Kier alpha value is -0.860. The first-order valence-electron chi connectivity index (χ1n) is 4.55. The zero-order chi connectivity index (χ0) is 10.1. The molecule has 2 aromatic carbocycles. The van der Waals surface area contributed by atoms with Crippen LogP contribution in [0.2, 0.25) is 0 Å². The van der Waals surface area contributed by atoms with Gasteiger partial charge in [0.15, 0.2) is 0 Å². The van der Waals surface area contributed by atoms with Crippen molar-refractivity contribution in [2.24, 2.45) is 0 Å². The Morgan fingerprint density at radius 1 is 1.21 bits per heavy atom. The number of fused-ring (bicyclic) bond motifs is 1. The maximum Gasteiger partial charge on any atom is 0.0767 e. The molecule has 0 saturated heterocycles. The Kier molecular flexibility index (Phi) is 2.57. The van der Waals surface area contributed by atoms with Crippen LogP contribution in [0.5, 0.6) is 0 Å². The summed E-state index contributed by atoms with van der Waals surface area (Å²) in [6.07, 6.45) is -0.417. The van der Waals surface area contributed by atoms with E-state index in [0.717, 1.165) is 20.8 Å². The summed E-state index contributed by atoms with van der Waals surface area (Å²) in [6, 6.07) is 12.1. The van der Waals surface area contributed by atoms with Crippen LogP contribution in [0, 0.1) is 0 Å². The van der Waals surface area contributed by atoms with Gasteiger partial charge in [0.1, 0.15) is 0 Å². The summed E-state index contributed by atoms with van der Waals surface area (Å²) in [5.41, 5.74) is 0.981. The maximum absolute atomic E-state index is 9.58. The van der Waals surface area contributed by atoms with E-state index in [1.807, 2.05) is 30.3 Å². The highest BCUT2D eigenvalue weighted by Gasteiger charge is 2.05. The van der Waals surface area contributed by atoms with E-state index in [1.165, 1.54) is 0 Å². The predicted molar refractivity (Wildman–Crippen MR) is 62.3 cm³/mol. The number of aliphatic hydroxyl groups excluding tert-OH is 1. The molecule has 1 nitrogen and oxygen atoms in total. The average Bonchev–Trinajstić information content (AvgIpc) is 2.16. The molecule has 0 amide bonds. The van der Waals surface area contributed by atoms with E-state index in [1.54, 1.807) is 6.92 Å². The molecule has 2 aromatic rings. The highest BCUT2D eigenvalue weighted by Crippen LogP contribution is 2.26. The molecule has 0 fully saturated rings. The normalized spacial score (nSPS) is 13.1. The third-order valence-electron chi connectivity index (χ3n) is 2.33. The Morgan fingerprint density at radius 2 is 2.00 bits per heavy atom. The van der Waals surface area contributed by atoms with Crippen LogP contribution in [0.1, 0.15) is 18.6 Å². The Balaban J connectivity index is 2.75. The highest BCUT2D eigenvalue weighted by atomic mass is 79.9. The third-order valence-corrected chi connectivity index (χ3v) is 2.82. The third kappa shape index (κ3) is 1.68. The number of aliphatic hydroxyl groups is 1. The number of halogens is 1. The molecule has 0 spiro atoms. The number of benzene rings is 2. The zero-order valence-corrected chi connectivity index (χ0v) is 9.45. The highest BCUT2D eigenvalue weighted by molar-refractivity contribution is 9.10. The van der Waals surface area contributed by atoms with Crippen LogP contribution in [-0.2, 0) is 0 Å². The smallest absolute Gasteiger partial charge is 0.0767 e. The van der Waals surface area contributed by atoms with E-state index in [2.05, 4.69) is 22.0 Å². The minimum absolute atomic E-state index is 0.417. The minimum atomic E-state index is -0.417. The van der Waals surface area contributed by atoms with E-state index < -0.39 is 6.10 Å². The van der Waals surface area contributed by atoms with Gasteiger partial charge in [-0.15, -0.1) is 0 Å². The van der Waals surface area contributed by atoms with Crippen LogP contribution < -0.4 is 0 Å². The Labute approximate surface area is 91.5 Å². The van der Waals surface area contributed by atoms with Crippen LogP contribution >= 0.6 is 15.9 Å².